The lowest BCUT2D eigenvalue weighted by Gasteiger charge is -2.11. The first-order valence-corrected chi connectivity index (χ1v) is 6.77. The Balaban J connectivity index is 2.49. The van der Waals surface area contributed by atoms with Gasteiger partial charge in [-0.2, -0.15) is 0 Å². The normalized spacial score (nSPS) is 10.3. The number of carbonyl (C=O) groups is 1. The third-order valence-corrected chi connectivity index (χ3v) is 3.83. The van der Waals surface area contributed by atoms with Gasteiger partial charge in [0.05, 0.1) is 24.7 Å². The fourth-order valence-corrected chi connectivity index (χ4v) is 2.85. The SMILES string of the molecule is COc1csc(C(=O)c2c(C)cc(C)cc2OC)c1. The molecular formula is C15H16O3S. The molecule has 0 amide bonds. The summed E-state index contributed by atoms with van der Waals surface area (Å²) >= 11 is 1.38. The van der Waals surface area contributed by atoms with E-state index >= 15 is 0 Å². The molecule has 1 aromatic heterocycles. The lowest BCUT2D eigenvalue weighted by atomic mass is 10.00. The van der Waals surface area contributed by atoms with Crippen LogP contribution in [0.4, 0.5) is 0 Å². The van der Waals surface area contributed by atoms with E-state index in [1.54, 1.807) is 20.3 Å². The second-order valence-corrected chi connectivity index (χ2v) is 5.25. The Kier molecular flexibility index (Phi) is 3.90. The predicted octanol–water partition coefficient (Wildman–Crippen LogP) is 3.61. The van der Waals surface area contributed by atoms with Crippen LogP contribution in [0.1, 0.15) is 26.4 Å². The van der Waals surface area contributed by atoms with Crippen molar-refractivity contribution in [3.63, 3.8) is 0 Å². The Bertz CT molecular complexity index is 614. The van der Waals surface area contributed by atoms with Gasteiger partial charge in [0.1, 0.15) is 11.5 Å². The van der Waals surface area contributed by atoms with Crippen LogP contribution in [-0.4, -0.2) is 20.0 Å². The fourth-order valence-electron chi connectivity index (χ4n) is 2.05. The molecule has 2 rings (SSSR count). The number of methoxy groups -OCH3 is 2. The second kappa shape index (κ2) is 5.45. The minimum absolute atomic E-state index is 0.0253. The van der Waals surface area contributed by atoms with Gasteiger partial charge in [-0.3, -0.25) is 4.79 Å². The van der Waals surface area contributed by atoms with Gasteiger partial charge in [-0.1, -0.05) is 6.07 Å². The largest absolute Gasteiger partial charge is 0.496 e. The molecule has 100 valence electrons. The second-order valence-electron chi connectivity index (χ2n) is 4.34. The van der Waals surface area contributed by atoms with E-state index < -0.39 is 0 Å². The fraction of sp³-hybridized carbons (Fsp3) is 0.267. The van der Waals surface area contributed by atoms with Crippen molar-refractivity contribution in [2.24, 2.45) is 0 Å². The quantitative estimate of drug-likeness (QED) is 0.800. The molecule has 0 aliphatic carbocycles. The van der Waals surface area contributed by atoms with E-state index in [1.807, 2.05) is 31.4 Å². The van der Waals surface area contributed by atoms with E-state index in [-0.39, 0.29) is 5.78 Å². The van der Waals surface area contributed by atoms with E-state index in [9.17, 15) is 4.79 Å². The first kappa shape index (κ1) is 13.6. The van der Waals surface area contributed by atoms with E-state index in [4.69, 9.17) is 9.47 Å². The molecule has 0 radical (unpaired) electrons. The summed E-state index contributed by atoms with van der Waals surface area (Å²) < 4.78 is 10.4. The molecule has 3 nitrogen and oxygen atoms in total. The molecule has 0 N–H and O–H groups in total. The van der Waals surface area contributed by atoms with Gasteiger partial charge >= 0.3 is 0 Å². The minimum Gasteiger partial charge on any atom is -0.496 e. The van der Waals surface area contributed by atoms with Crippen LogP contribution in [0.15, 0.2) is 23.6 Å². The van der Waals surface area contributed by atoms with Crippen molar-refractivity contribution in [2.45, 2.75) is 13.8 Å². The average Bonchev–Trinajstić information content (AvgIpc) is 2.85. The summed E-state index contributed by atoms with van der Waals surface area (Å²) in [7, 11) is 3.17. The lowest BCUT2D eigenvalue weighted by molar-refractivity contribution is 0.103. The maximum Gasteiger partial charge on any atom is 0.207 e. The van der Waals surface area contributed by atoms with Gasteiger partial charge in [-0.05, 0) is 31.0 Å². The zero-order valence-corrected chi connectivity index (χ0v) is 12.3. The molecule has 0 unspecified atom stereocenters. The highest BCUT2D eigenvalue weighted by atomic mass is 32.1. The van der Waals surface area contributed by atoms with E-state index in [1.165, 1.54) is 11.3 Å². The Morgan fingerprint density at radius 2 is 1.84 bits per heavy atom. The highest BCUT2D eigenvalue weighted by molar-refractivity contribution is 7.12. The topological polar surface area (TPSA) is 35.5 Å². The van der Waals surface area contributed by atoms with Crippen molar-refractivity contribution in [2.75, 3.05) is 14.2 Å². The van der Waals surface area contributed by atoms with Crippen LogP contribution in [0.5, 0.6) is 11.5 Å². The Morgan fingerprint density at radius 1 is 1.11 bits per heavy atom. The Labute approximate surface area is 116 Å². The van der Waals surface area contributed by atoms with Crippen LogP contribution in [0, 0.1) is 13.8 Å². The molecule has 0 fully saturated rings. The number of benzene rings is 1. The molecule has 0 aliphatic heterocycles. The van der Waals surface area contributed by atoms with Gasteiger partial charge in [0.2, 0.25) is 5.78 Å². The monoisotopic (exact) mass is 276 g/mol. The number of aryl methyl sites for hydroxylation is 2. The van der Waals surface area contributed by atoms with Gasteiger partial charge in [0.25, 0.3) is 0 Å². The predicted molar refractivity (Wildman–Crippen MR) is 76.8 cm³/mol. The number of ether oxygens (including phenoxy) is 2. The summed E-state index contributed by atoms with van der Waals surface area (Å²) in [5, 5.41) is 1.82. The molecule has 0 aliphatic rings. The van der Waals surface area contributed by atoms with Gasteiger partial charge in [-0.15, -0.1) is 11.3 Å². The molecule has 0 bridgehead atoms. The van der Waals surface area contributed by atoms with Gasteiger partial charge in [0, 0.05) is 11.4 Å². The van der Waals surface area contributed by atoms with Gasteiger partial charge in [-0.25, -0.2) is 0 Å². The summed E-state index contributed by atoms with van der Waals surface area (Å²) in [6.45, 7) is 3.91. The number of rotatable bonds is 4. The van der Waals surface area contributed by atoms with Crippen LogP contribution in [0.25, 0.3) is 0 Å². The van der Waals surface area contributed by atoms with Crippen molar-refractivity contribution < 1.29 is 14.3 Å². The maximum absolute atomic E-state index is 12.6. The van der Waals surface area contributed by atoms with Crippen LogP contribution >= 0.6 is 11.3 Å². The van der Waals surface area contributed by atoms with Crippen LogP contribution < -0.4 is 9.47 Å². The van der Waals surface area contributed by atoms with Crippen molar-refractivity contribution in [3.05, 3.63) is 45.1 Å². The molecule has 0 spiro atoms. The van der Waals surface area contributed by atoms with Gasteiger partial charge in [0.15, 0.2) is 0 Å². The first-order valence-electron chi connectivity index (χ1n) is 5.89. The molecule has 19 heavy (non-hydrogen) atoms. The van der Waals surface area contributed by atoms with Crippen molar-refractivity contribution in [1.82, 2.24) is 0 Å². The molecule has 1 aromatic carbocycles. The van der Waals surface area contributed by atoms with Crippen molar-refractivity contribution >= 4 is 17.1 Å². The van der Waals surface area contributed by atoms with Gasteiger partial charge < -0.3 is 9.47 Å². The Morgan fingerprint density at radius 3 is 2.42 bits per heavy atom. The summed E-state index contributed by atoms with van der Waals surface area (Å²) in [5.74, 6) is 1.30. The zero-order valence-electron chi connectivity index (χ0n) is 11.4. The number of carbonyl (C=O) groups excluding carboxylic acids is 1. The van der Waals surface area contributed by atoms with Crippen molar-refractivity contribution in [1.29, 1.82) is 0 Å². The third-order valence-electron chi connectivity index (χ3n) is 2.93. The number of hydrogen-bond donors (Lipinski definition) is 0. The maximum atomic E-state index is 12.6. The van der Waals surface area contributed by atoms with E-state index in [0.717, 1.165) is 11.1 Å². The van der Waals surface area contributed by atoms with Crippen molar-refractivity contribution in [3.8, 4) is 11.5 Å². The molecule has 0 atom stereocenters. The Hall–Kier alpha value is -1.81. The minimum atomic E-state index is -0.0253. The van der Waals surface area contributed by atoms with Crippen LogP contribution in [0.2, 0.25) is 0 Å². The first-order chi connectivity index (χ1) is 9.06. The molecule has 1 heterocycles. The summed E-state index contributed by atoms with van der Waals surface area (Å²) in [6.07, 6.45) is 0. The van der Waals surface area contributed by atoms with Crippen LogP contribution in [0.3, 0.4) is 0 Å². The number of hydrogen-bond acceptors (Lipinski definition) is 4. The van der Waals surface area contributed by atoms with Crippen LogP contribution in [-0.2, 0) is 0 Å². The van der Waals surface area contributed by atoms with E-state index in [0.29, 0.717) is 21.9 Å². The standard InChI is InChI=1S/C15H16O3S/c1-9-5-10(2)14(12(6-9)18-4)15(16)13-7-11(17-3)8-19-13/h5-8H,1-4H3. The summed E-state index contributed by atoms with van der Waals surface area (Å²) in [6, 6.07) is 5.62. The number of thiophene rings is 1. The zero-order chi connectivity index (χ0) is 14.0. The number of ketones is 1. The van der Waals surface area contributed by atoms with E-state index in [2.05, 4.69) is 0 Å². The lowest BCUT2D eigenvalue weighted by Crippen LogP contribution is -2.05. The molecule has 4 heteroatoms. The smallest absolute Gasteiger partial charge is 0.207 e. The highest BCUT2D eigenvalue weighted by Crippen LogP contribution is 2.30. The summed E-state index contributed by atoms with van der Waals surface area (Å²) in [4.78, 5) is 13.2. The molecular weight excluding hydrogens is 260 g/mol. The average molecular weight is 276 g/mol. The third kappa shape index (κ3) is 2.63. The molecule has 0 saturated carbocycles. The summed E-state index contributed by atoms with van der Waals surface area (Å²) in [5.41, 5.74) is 2.63. The highest BCUT2D eigenvalue weighted by Gasteiger charge is 2.19. The molecule has 0 saturated heterocycles. The molecule has 2 aromatic rings.